The van der Waals surface area contributed by atoms with E-state index < -0.39 is 21.7 Å². The molecule has 2 N–H and O–H groups in total. The number of hydrogen-bond donors (Lipinski definition) is 2. The number of likely N-dealkylation sites (N-methyl/N-ethyl adjacent to an activating group) is 1. The first-order valence-corrected chi connectivity index (χ1v) is 13.5. The van der Waals surface area contributed by atoms with Crippen LogP contribution in [0, 0.1) is 0 Å². The SMILES string of the molecule is CN1C(C(=O)Nc2cccc(-c3cc4ccccc4o3)n2)=C(O)c2sc(-c3ccccc3)cc2S1(=O)=O. The molecule has 0 fully saturated rings. The molecule has 0 aliphatic carbocycles. The van der Waals surface area contributed by atoms with Crippen LogP contribution in [0.1, 0.15) is 4.88 Å². The van der Waals surface area contributed by atoms with Crippen LogP contribution >= 0.6 is 11.3 Å². The lowest BCUT2D eigenvalue weighted by molar-refractivity contribution is -0.113. The lowest BCUT2D eigenvalue weighted by Crippen LogP contribution is -2.36. The van der Waals surface area contributed by atoms with Crippen molar-refractivity contribution < 1.29 is 22.7 Å². The van der Waals surface area contributed by atoms with E-state index in [1.54, 1.807) is 18.2 Å². The largest absolute Gasteiger partial charge is 0.504 e. The van der Waals surface area contributed by atoms with Crippen molar-refractivity contribution in [3.05, 3.63) is 95.5 Å². The summed E-state index contributed by atoms with van der Waals surface area (Å²) in [6.45, 7) is 0. The van der Waals surface area contributed by atoms with Gasteiger partial charge >= 0.3 is 0 Å². The summed E-state index contributed by atoms with van der Waals surface area (Å²) in [4.78, 5) is 18.4. The van der Waals surface area contributed by atoms with Crippen LogP contribution in [0.4, 0.5) is 5.82 Å². The Morgan fingerprint density at radius 2 is 1.76 bits per heavy atom. The molecule has 8 nitrogen and oxygen atoms in total. The van der Waals surface area contributed by atoms with E-state index >= 15 is 0 Å². The summed E-state index contributed by atoms with van der Waals surface area (Å²) in [6.07, 6.45) is 0. The fourth-order valence-corrected chi connectivity index (χ4v) is 7.00. The van der Waals surface area contributed by atoms with E-state index in [2.05, 4.69) is 10.3 Å². The van der Waals surface area contributed by atoms with Gasteiger partial charge in [0.15, 0.2) is 17.2 Å². The molecule has 3 aromatic heterocycles. The van der Waals surface area contributed by atoms with Crippen LogP contribution in [0.25, 0.3) is 38.6 Å². The van der Waals surface area contributed by atoms with E-state index in [0.29, 0.717) is 21.9 Å². The van der Waals surface area contributed by atoms with Crippen LogP contribution in [0.3, 0.4) is 0 Å². The maximum atomic E-state index is 13.3. The van der Waals surface area contributed by atoms with Crippen molar-refractivity contribution in [1.82, 2.24) is 9.29 Å². The number of thiophene rings is 1. The van der Waals surface area contributed by atoms with E-state index in [4.69, 9.17) is 4.42 Å². The third kappa shape index (κ3) is 3.87. The Hall–Kier alpha value is -4.41. The molecule has 5 aromatic rings. The molecule has 0 saturated carbocycles. The van der Waals surface area contributed by atoms with Gasteiger partial charge in [-0.25, -0.2) is 13.4 Å². The summed E-state index contributed by atoms with van der Waals surface area (Å²) in [6, 6.07) is 25.2. The van der Waals surface area contributed by atoms with Crippen LogP contribution in [0.15, 0.2) is 99.9 Å². The Morgan fingerprint density at radius 1 is 1.00 bits per heavy atom. The second-order valence-electron chi connectivity index (χ2n) is 8.35. The Bertz CT molecular complexity index is 1790. The van der Waals surface area contributed by atoms with Crippen molar-refractivity contribution in [1.29, 1.82) is 0 Å². The summed E-state index contributed by atoms with van der Waals surface area (Å²) in [5.74, 6) is -0.520. The van der Waals surface area contributed by atoms with Crippen LogP contribution in [-0.4, -0.2) is 35.8 Å². The number of aliphatic hydroxyl groups excluding tert-OH is 1. The summed E-state index contributed by atoms with van der Waals surface area (Å²) < 4.78 is 33.2. The van der Waals surface area contributed by atoms with Gasteiger partial charge in [0, 0.05) is 17.3 Å². The fourth-order valence-electron chi connectivity index (χ4n) is 4.18. The first-order chi connectivity index (χ1) is 17.8. The highest BCUT2D eigenvalue weighted by atomic mass is 32.2. The number of anilines is 1. The Morgan fingerprint density at radius 3 is 2.54 bits per heavy atom. The number of sulfonamides is 1. The van der Waals surface area contributed by atoms with Crippen molar-refractivity contribution in [3.8, 4) is 21.9 Å². The number of nitrogens with one attached hydrogen (secondary N) is 1. The lowest BCUT2D eigenvalue weighted by atomic mass is 10.2. The van der Waals surface area contributed by atoms with Crippen LogP contribution < -0.4 is 5.32 Å². The van der Waals surface area contributed by atoms with E-state index in [9.17, 15) is 18.3 Å². The van der Waals surface area contributed by atoms with Gasteiger partial charge in [0.05, 0.1) is 4.88 Å². The van der Waals surface area contributed by atoms with Crippen molar-refractivity contribution >= 4 is 49.8 Å². The molecular formula is C27H19N3O5S2. The van der Waals surface area contributed by atoms with Gasteiger partial charge in [-0.15, -0.1) is 11.3 Å². The number of furan rings is 1. The molecule has 0 spiro atoms. The first-order valence-electron chi connectivity index (χ1n) is 11.2. The Balaban J connectivity index is 1.35. The molecule has 1 aliphatic heterocycles. The topological polar surface area (TPSA) is 113 Å². The fraction of sp³-hybridized carbons (Fsp3) is 0.0370. The molecule has 10 heteroatoms. The van der Waals surface area contributed by atoms with Crippen molar-refractivity contribution in [2.24, 2.45) is 0 Å². The molecule has 1 amide bonds. The van der Waals surface area contributed by atoms with Gasteiger partial charge < -0.3 is 14.8 Å². The molecular weight excluding hydrogens is 510 g/mol. The van der Waals surface area contributed by atoms with Gasteiger partial charge in [0.1, 0.15) is 22.0 Å². The number of carbonyl (C=O) groups is 1. The summed E-state index contributed by atoms with van der Waals surface area (Å²) in [7, 11) is -2.83. The third-order valence-corrected chi connectivity index (χ3v) is 9.13. The second-order valence-corrected chi connectivity index (χ2v) is 11.3. The summed E-state index contributed by atoms with van der Waals surface area (Å²) in [5, 5.41) is 14.6. The number of carbonyl (C=O) groups excluding carboxylic acids is 1. The maximum Gasteiger partial charge on any atom is 0.278 e. The quantitative estimate of drug-likeness (QED) is 0.308. The number of benzene rings is 2. The third-order valence-electron chi connectivity index (χ3n) is 6.03. The minimum atomic E-state index is -4.06. The van der Waals surface area contributed by atoms with Gasteiger partial charge in [0.25, 0.3) is 15.9 Å². The molecule has 0 saturated heterocycles. The molecule has 0 atom stereocenters. The molecule has 37 heavy (non-hydrogen) atoms. The predicted octanol–water partition coefficient (Wildman–Crippen LogP) is 5.72. The predicted molar refractivity (Wildman–Crippen MR) is 142 cm³/mol. The van der Waals surface area contributed by atoms with E-state index in [0.717, 1.165) is 26.6 Å². The number of nitrogens with zero attached hydrogens (tertiary/aromatic N) is 2. The standard InChI is InChI=1S/C27H19N3O5S2/c1-30-24(25(31)26-22(37(30,33)34)15-21(36-26)16-8-3-2-4-9-16)27(32)29-23-13-7-11-18(28-23)20-14-17-10-5-6-12-19(17)35-20/h2-15,31H,1H3,(H,28,29,32). The van der Waals surface area contributed by atoms with Crippen molar-refractivity contribution in [3.63, 3.8) is 0 Å². The number of rotatable bonds is 4. The number of aromatic nitrogens is 1. The molecule has 2 aromatic carbocycles. The Kier molecular flexibility index (Phi) is 5.36. The zero-order valence-electron chi connectivity index (χ0n) is 19.4. The Labute approximate surface area is 216 Å². The highest BCUT2D eigenvalue weighted by Crippen LogP contribution is 2.43. The van der Waals surface area contributed by atoms with E-state index in [1.165, 1.54) is 13.1 Å². The number of fused-ring (bicyclic) bond motifs is 2. The van der Waals surface area contributed by atoms with Gasteiger partial charge in [0.2, 0.25) is 0 Å². The average Bonchev–Trinajstić information content (AvgIpc) is 3.55. The minimum Gasteiger partial charge on any atom is -0.504 e. The highest BCUT2D eigenvalue weighted by molar-refractivity contribution is 7.89. The molecule has 6 rings (SSSR count). The van der Waals surface area contributed by atoms with Crippen LogP contribution in [0.2, 0.25) is 0 Å². The highest BCUT2D eigenvalue weighted by Gasteiger charge is 2.40. The molecule has 0 bridgehead atoms. The molecule has 4 heterocycles. The van der Waals surface area contributed by atoms with Crippen LogP contribution in [-0.2, 0) is 14.8 Å². The molecule has 0 unspecified atom stereocenters. The molecule has 1 aliphatic rings. The van der Waals surface area contributed by atoms with Gasteiger partial charge in [-0.2, -0.15) is 0 Å². The smallest absolute Gasteiger partial charge is 0.278 e. The zero-order chi connectivity index (χ0) is 25.7. The molecule has 0 radical (unpaired) electrons. The number of amides is 1. The maximum absolute atomic E-state index is 13.3. The van der Waals surface area contributed by atoms with Gasteiger partial charge in [-0.05, 0) is 35.9 Å². The zero-order valence-corrected chi connectivity index (χ0v) is 21.0. The number of hydrogen-bond acceptors (Lipinski definition) is 7. The monoisotopic (exact) mass is 529 g/mol. The second kappa shape index (κ2) is 8.61. The summed E-state index contributed by atoms with van der Waals surface area (Å²) in [5.41, 5.74) is 1.62. The van der Waals surface area contributed by atoms with Crippen LogP contribution in [0.5, 0.6) is 0 Å². The van der Waals surface area contributed by atoms with Crippen molar-refractivity contribution in [2.45, 2.75) is 4.90 Å². The minimum absolute atomic E-state index is 0.0436. The first kappa shape index (κ1) is 23.0. The van der Waals surface area contributed by atoms with E-state index in [1.807, 2.05) is 60.7 Å². The van der Waals surface area contributed by atoms with Crippen molar-refractivity contribution in [2.75, 3.05) is 12.4 Å². The lowest BCUT2D eigenvalue weighted by Gasteiger charge is -2.26. The number of pyridine rings is 1. The average molecular weight is 530 g/mol. The summed E-state index contributed by atoms with van der Waals surface area (Å²) >= 11 is 1.11. The van der Waals surface area contributed by atoms with Gasteiger partial charge in [-0.1, -0.05) is 54.6 Å². The van der Waals surface area contributed by atoms with Gasteiger partial charge in [-0.3, -0.25) is 9.10 Å². The normalized spacial score (nSPS) is 14.6. The number of aliphatic hydroxyl groups is 1. The van der Waals surface area contributed by atoms with E-state index in [-0.39, 0.29) is 21.3 Å². The number of para-hydroxylation sites is 1. The molecule has 184 valence electrons.